The van der Waals surface area contributed by atoms with E-state index in [1.54, 1.807) is 6.20 Å². The van der Waals surface area contributed by atoms with Crippen LogP contribution < -0.4 is 5.32 Å². The van der Waals surface area contributed by atoms with Gasteiger partial charge in [-0.2, -0.15) is 5.26 Å². The topological polar surface area (TPSA) is 61.6 Å². The van der Waals surface area contributed by atoms with Crippen molar-refractivity contribution < 1.29 is 0 Å². The van der Waals surface area contributed by atoms with Crippen LogP contribution >= 0.6 is 0 Å². The van der Waals surface area contributed by atoms with E-state index in [-0.39, 0.29) is 5.54 Å². The molecule has 0 unspecified atom stereocenters. The van der Waals surface area contributed by atoms with Crippen molar-refractivity contribution in [1.82, 2.24) is 9.97 Å². The van der Waals surface area contributed by atoms with E-state index in [2.05, 4.69) is 29.1 Å². The minimum absolute atomic E-state index is 0.00162. The molecule has 0 aromatic carbocycles. The van der Waals surface area contributed by atoms with Crippen LogP contribution in [0.4, 0.5) is 5.82 Å². The summed E-state index contributed by atoms with van der Waals surface area (Å²) in [6, 6.07) is 2.04. The van der Waals surface area contributed by atoms with Gasteiger partial charge in [0.2, 0.25) is 0 Å². The molecule has 1 fully saturated rings. The van der Waals surface area contributed by atoms with Crippen LogP contribution in [-0.2, 0) is 0 Å². The van der Waals surface area contributed by atoms with Gasteiger partial charge in [-0.3, -0.25) is 0 Å². The van der Waals surface area contributed by atoms with Crippen LogP contribution in [-0.4, -0.2) is 15.5 Å². The molecular weight excluding hydrogens is 188 g/mol. The molecule has 0 bridgehead atoms. The average molecular weight is 202 g/mol. The molecule has 0 amide bonds. The van der Waals surface area contributed by atoms with Gasteiger partial charge in [0.15, 0.2) is 11.5 Å². The minimum Gasteiger partial charge on any atom is -0.363 e. The molecule has 0 aliphatic heterocycles. The van der Waals surface area contributed by atoms with Gasteiger partial charge in [-0.05, 0) is 32.6 Å². The zero-order valence-electron chi connectivity index (χ0n) is 8.99. The molecule has 1 aromatic heterocycles. The van der Waals surface area contributed by atoms with E-state index in [9.17, 15) is 0 Å². The quantitative estimate of drug-likeness (QED) is 0.813. The van der Waals surface area contributed by atoms with Crippen LogP contribution in [0.25, 0.3) is 0 Å². The van der Waals surface area contributed by atoms with Crippen molar-refractivity contribution in [2.75, 3.05) is 5.32 Å². The normalized spacial score (nSPS) is 15.8. The lowest BCUT2D eigenvalue weighted by Crippen LogP contribution is -2.34. The molecule has 0 saturated heterocycles. The highest BCUT2D eigenvalue weighted by Gasteiger charge is 2.38. The molecule has 1 N–H and O–H groups in total. The fourth-order valence-electron chi connectivity index (χ4n) is 1.72. The van der Waals surface area contributed by atoms with Gasteiger partial charge >= 0.3 is 0 Å². The summed E-state index contributed by atoms with van der Waals surface area (Å²) in [6.45, 7) is 4.28. The van der Waals surface area contributed by atoms with Crippen LogP contribution in [0.3, 0.4) is 0 Å². The second-order valence-corrected chi connectivity index (χ2v) is 4.49. The van der Waals surface area contributed by atoms with Gasteiger partial charge in [0, 0.05) is 17.9 Å². The Balaban J connectivity index is 2.20. The zero-order valence-corrected chi connectivity index (χ0v) is 8.99. The second-order valence-electron chi connectivity index (χ2n) is 4.49. The van der Waals surface area contributed by atoms with Crippen LogP contribution in [0.1, 0.15) is 32.4 Å². The fraction of sp³-hybridized carbons (Fsp3) is 0.545. The number of hydrogen-bond donors (Lipinski definition) is 1. The Labute approximate surface area is 89.4 Å². The zero-order chi connectivity index (χ0) is 10.9. The van der Waals surface area contributed by atoms with Crippen molar-refractivity contribution in [2.45, 2.75) is 32.2 Å². The average Bonchev–Trinajstić information content (AvgIpc) is 3.01. The number of anilines is 1. The number of aromatic nitrogens is 2. The van der Waals surface area contributed by atoms with Gasteiger partial charge in [-0.25, -0.2) is 9.97 Å². The van der Waals surface area contributed by atoms with E-state index in [1.807, 2.05) is 6.07 Å². The molecule has 1 aliphatic rings. The summed E-state index contributed by atoms with van der Waals surface area (Å²) < 4.78 is 0. The molecule has 1 aliphatic carbocycles. The Morgan fingerprint density at radius 3 is 2.67 bits per heavy atom. The van der Waals surface area contributed by atoms with Gasteiger partial charge in [0.1, 0.15) is 6.07 Å². The van der Waals surface area contributed by atoms with Gasteiger partial charge in [0.05, 0.1) is 0 Å². The third kappa shape index (κ3) is 2.07. The number of rotatable bonds is 3. The highest BCUT2D eigenvalue weighted by molar-refractivity contribution is 5.48. The van der Waals surface area contributed by atoms with Crippen LogP contribution in [0.15, 0.2) is 12.4 Å². The van der Waals surface area contributed by atoms with Crippen LogP contribution in [0.2, 0.25) is 0 Å². The first-order chi connectivity index (χ1) is 7.13. The van der Waals surface area contributed by atoms with Crippen LogP contribution in [0, 0.1) is 17.2 Å². The largest absolute Gasteiger partial charge is 0.363 e. The number of hydrogen-bond acceptors (Lipinski definition) is 4. The second kappa shape index (κ2) is 3.50. The molecule has 1 saturated carbocycles. The van der Waals surface area contributed by atoms with Gasteiger partial charge in [-0.15, -0.1) is 0 Å². The first-order valence-electron chi connectivity index (χ1n) is 5.13. The molecule has 0 radical (unpaired) electrons. The van der Waals surface area contributed by atoms with E-state index in [1.165, 1.54) is 19.0 Å². The van der Waals surface area contributed by atoms with E-state index >= 15 is 0 Å². The van der Waals surface area contributed by atoms with Crippen molar-refractivity contribution in [1.29, 1.82) is 5.26 Å². The molecule has 0 atom stereocenters. The molecule has 78 valence electrons. The Morgan fingerprint density at radius 1 is 1.40 bits per heavy atom. The van der Waals surface area contributed by atoms with E-state index in [4.69, 9.17) is 5.26 Å². The highest BCUT2D eigenvalue weighted by Crippen LogP contribution is 2.40. The lowest BCUT2D eigenvalue weighted by atomic mass is 9.99. The van der Waals surface area contributed by atoms with Gasteiger partial charge < -0.3 is 5.32 Å². The van der Waals surface area contributed by atoms with E-state index in [0.717, 1.165) is 0 Å². The molecule has 2 rings (SSSR count). The molecule has 4 nitrogen and oxygen atoms in total. The molecule has 0 spiro atoms. The Bertz CT molecular complexity index is 401. The maximum Gasteiger partial charge on any atom is 0.182 e. The maximum absolute atomic E-state index is 8.88. The minimum atomic E-state index is 0.00162. The highest BCUT2D eigenvalue weighted by atomic mass is 15.1. The first-order valence-corrected chi connectivity index (χ1v) is 5.13. The molecule has 15 heavy (non-hydrogen) atoms. The lowest BCUT2D eigenvalue weighted by molar-refractivity contribution is 0.492. The smallest absolute Gasteiger partial charge is 0.182 e. The van der Waals surface area contributed by atoms with Gasteiger partial charge in [-0.1, -0.05) is 0 Å². The summed E-state index contributed by atoms with van der Waals surface area (Å²) in [5, 5.41) is 12.2. The maximum atomic E-state index is 8.88. The molecule has 1 aromatic rings. The van der Waals surface area contributed by atoms with Crippen molar-refractivity contribution >= 4 is 5.82 Å². The number of nitrogens with one attached hydrogen (secondary N) is 1. The monoisotopic (exact) mass is 202 g/mol. The summed E-state index contributed by atoms with van der Waals surface area (Å²) in [4.78, 5) is 8.12. The molecule has 1 heterocycles. The summed E-state index contributed by atoms with van der Waals surface area (Å²) in [6.07, 6.45) is 5.64. The lowest BCUT2D eigenvalue weighted by Gasteiger charge is -2.26. The first kappa shape index (κ1) is 9.91. The Morgan fingerprint density at radius 2 is 2.07 bits per heavy atom. The van der Waals surface area contributed by atoms with Crippen LogP contribution in [0.5, 0.6) is 0 Å². The predicted octanol–water partition coefficient (Wildman–Crippen LogP) is 1.95. The summed E-state index contributed by atoms with van der Waals surface area (Å²) in [5.41, 5.74) is 0.368. The summed E-state index contributed by atoms with van der Waals surface area (Å²) in [5.74, 6) is 1.28. The van der Waals surface area contributed by atoms with Crippen molar-refractivity contribution in [3.8, 4) is 6.07 Å². The van der Waals surface area contributed by atoms with Crippen molar-refractivity contribution in [3.63, 3.8) is 0 Å². The third-order valence-corrected chi connectivity index (χ3v) is 2.84. The summed E-state index contributed by atoms with van der Waals surface area (Å²) in [7, 11) is 0. The van der Waals surface area contributed by atoms with Crippen molar-refractivity contribution in [3.05, 3.63) is 18.1 Å². The Hall–Kier alpha value is -1.63. The van der Waals surface area contributed by atoms with E-state index < -0.39 is 0 Å². The number of nitriles is 1. The third-order valence-electron chi connectivity index (χ3n) is 2.84. The van der Waals surface area contributed by atoms with Gasteiger partial charge in [0.25, 0.3) is 0 Å². The fourth-order valence-corrected chi connectivity index (χ4v) is 1.72. The summed E-state index contributed by atoms with van der Waals surface area (Å²) >= 11 is 0. The molecule has 4 heteroatoms. The number of nitrogens with zero attached hydrogens (tertiary/aromatic N) is 3. The van der Waals surface area contributed by atoms with E-state index in [0.29, 0.717) is 17.4 Å². The van der Waals surface area contributed by atoms with Crippen molar-refractivity contribution in [2.24, 2.45) is 5.92 Å². The standard InChI is InChI=1S/C11H14N4/c1-11(2,8-3-4-8)15-10-9(7-12)13-5-6-14-10/h5-6,8H,3-4H2,1-2H3,(H,14,15). The Kier molecular flexibility index (Phi) is 2.31. The molecular formula is C11H14N4. The predicted molar refractivity (Wildman–Crippen MR) is 57.2 cm³/mol. The SMILES string of the molecule is CC(C)(Nc1nccnc1C#N)C1CC1.